The highest BCUT2D eigenvalue weighted by atomic mass is 16.6. The molecule has 0 saturated carbocycles. The Balaban J connectivity index is 2.38. The summed E-state index contributed by atoms with van der Waals surface area (Å²) in [5.74, 6) is 0. The summed E-state index contributed by atoms with van der Waals surface area (Å²) in [7, 11) is 0. The lowest BCUT2D eigenvalue weighted by atomic mass is 10.2. The van der Waals surface area contributed by atoms with Gasteiger partial charge in [0.05, 0.1) is 4.92 Å². The van der Waals surface area contributed by atoms with Crippen LogP contribution in [0.5, 0.6) is 0 Å². The molecular weight excluding hydrogens is 236 g/mol. The number of hydrogen-bond acceptors (Lipinski definition) is 6. The third-order valence-electron chi connectivity index (χ3n) is 2.70. The third kappa shape index (κ3) is 2.25. The summed E-state index contributed by atoms with van der Waals surface area (Å²) in [6.45, 7) is 2.42. The van der Waals surface area contributed by atoms with Crippen LogP contribution in [0.2, 0.25) is 0 Å². The zero-order chi connectivity index (χ0) is 13.1. The van der Waals surface area contributed by atoms with Crippen molar-refractivity contribution in [1.82, 2.24) is 4.98 Å². The highest BCUT2D eigenvalue weighted by Gasteiger charge is 2.18. The molecule has 1 aromatic carbocycles. The fraction of sp³-hybridized carbons (Fsp3) is 0.364. The molecule has 18 heavy (non-hydrogen) atoms. The van der Waals surface area contributed by atoms with Crippen LogP contribution in [-0.4, -0.2) is 22.5 Å². The maximum Gasteiger partial charge on any atom is 0.298 e. The summed E-state index contributed by atoms with van der Waals surface area (Å²) >= 11 is 0. The number of anilines is 1. The second-order valence-electron chi connectivity index (χ2n) is 3.89. The normalized spacial score (nSPS) is 12.6. The van der Waals surface area contributed by atoms with E-state index in [0.717, 1.165) is 6.42 Å². The number of para-hydroxylation sites is 1. The molecule has 96 valence electrons. The summed E-state index contributed by atoms with van der Waals surface area (Å²) < 4.78 is 5.41. The molecule has 7 nitrogen and oxygen atoms in total. The SMILES string of the molecule is CCC(CN)Nc1nc2c([N+](=O)[O-])cccc2o1. The van der Waals surface area contributed by atoms with E-state index >= 15 is 0 Å². The lowest BCUT2D eigenvalue weighted by molar-refractivity contribution is -0.383. The van der Waals surface area contributed by atoms with Crippen LogP contribution in [0, 0.1) is 10.1 Å². The van der Waals surface area contributed by atoms with Crippen LogP contribution in [0.25, 0.3) is 11.1 Å². The van der Waals surface area contributed by atoms with Gasteiger partial charge in [-0.2, -0.15) is 4.98 Å². The number of nitrogens with zero attached hydrogens (tertiary/aromatic N) is 2. The van der Waals surface area contributed by atoms with Gasteiger partial charge in [-0.15, -0.1) is 0 Å². The molecule has 2 aromatic rings. The third-order valence-corrected chi connectivity index (χ3v) is 2.70. The molecular formula is C11H14N4O3. The first-order valence-electron chi connectivity index (χ1n) is 5.66. The summed E-state index contributed by atoms with van der Waals surface area (Å²) in [5.41, 5.74) is 6.13. The summed E-state index contributed by atoms with van der Waals surface area (Å²) in [6, 6.07) is 4.91. The number of fused-ring (bicyclic) bond motifs is 1. The van der Waals surface area contributed by atoms with Gasteiger partial charge < -0.3 is 15.5 Å². The Bertz CT molecular complexity index is 562. The number of oxazole rings is 1. The molecule has 1 aromatic heterocycles. The van der Waals surface area contributed by atoms with E-state index in [1.54, 1.807) is 12.1 Å². The molecule has 1 heterocycles. The van der Waals surface area contributed by atoms with Gasteiger partial charge in [-0.25, -0.2) is 0 Å². The molecule has 1 unspecified atom stereocenters. The van der Waals surface area contributed by atoms with Crippen molar-refractivity contribution in [3.63, 3.8) is 0 Å². The molecule has 1 atom stereocenters. The largest absolute Gasteiger partial charge is 0.423 e. The van der Waals surface area contributed by atoms with Crippen molar-refractivity contribution in [2.24, 2.45) is 5.73 Å². The Morgan fingerprint density at radius 2 is 2.39 bits per heavy atom. The quantitative estimate of drug-likeness (QED) is 0.619. The zero-order valence-corrected chi connectivity index (χ0v) is 9.92. The first kappa shape index (κ1) is 12.3. The first-order chi connectivity index (χ1) is 8.65. The lowest BCUT2D eigenvalue weighted by Gasteiger charge is -2.11. The number of nitro benzene ring substituents is 1. The molecule has 0 saturated heterocycles. The van der Waals surface area contributed by atoms with Crippen molar-refractivity contribution >= 4 is 22.8 Å². The van der Waals surface area contributed by atoms with E-state index in [-0.39, 0.29) is 23.3 Å². The zero-order valence-electron chi connectivity index (χ0n) is 9.92. The average Bonchev–Trinajstić information content (AvgIpc) is 2.77. The molecule has 0 aliphatic heterocycles. The van der Waals surface area contributed by atoms with E-state index < -0.39 is 4.92 Å². The number of nitro groups is 1. The molecule has 7 heteroatoms. The van der Waals surface area contributed by atoms with Crippen LogP contribution >= 0.6 is 0 Å². The molecule has 0 amide bonds. The van der Waals surface area contributed by atoms with Crippen molar-refractivity contribution < 1.29 is 9.34 Å². The number of benzene rings is 1. The van der Waals surface area contributed by atoms with Gasteiger partial charge in [0.15, 0.2) is 11.1 Å². The number of non-ortho nitro benzene ring substituents is 1. The number of nitrogens with one attached hydrogen (secondary N) is 1. The molecule has 0 bridgehead atoms. The van der Waals surface area contributed by atoms with Gasteiger partial charge in [-0.05, 0) is 12.5 Å². The second kappa shape index (κ2) is 5.01. The van der Waals surface area contributed by atoms with Crippen LogP contribution in [0.15, 0.2) is 22.6 Å². The predicted octanol–water partition coefficient (Wildman–Crippen LogP) is 1.89. The van der Waals surface area contributed by atoms with Crippen LogP contribution in [-0.2, 0) is 0 Å². The van der Waals surface area contributed by atoms with Crippen molar-refractivity contribution in [3.8, 4) is 0 Å². The Morgan fingerprint density at radius 3 is 3.00 bits per heavy atom. The van der Waals surface area contributed by atoms with E-state index in [1.165, 1.54) is 6.07 Å². The first-order valence-corrected chi connectivity index (χ1v) is 5.66. The van der Waals surface area contributed by atoms with Crippen molar-refractivity contribution in [2.75, 3.05) is 11.9 Å². The van der Waals surface area contributed by atoms with Gasteiger partial charge in [0, 0.05) is 18.7 Å². The Kier molecular flexibility index (Phi) is 3.42. The monoisotopic (exact) mass is 250 g/mol. The topological polar surface area (TPSA) is 107 Å². The predicted molar refractivity (Wildman–Crippen MR) is 67.4 cm³/mol. The molecule has 2 rings (SSSR count). The van der Waals surface area contributed by atoms with E-state index in [9.17, 15) is 10.1 Å². The van der Waals surface area contributed by atoms with E-state index in [2.05, 4.69) is 10.3 Å². The summed E-state index contributed by atoms with van der Waals surface area (Å²) in [4.78, 5) is 14.5. The van der Waals surface area contributed by atoms with Crippen molar-refractivity contribution in [3.05, 3.63) is 28.3 Å². The lowest BCUT2D eigenvalue weighted by Crippen LogP contribution is -2.27. The highest BCUT2D eigenvalue weighted by molar-refractivity contribution is 5.84. The summed E-state index contributed by atoms with van der Waals surface area (Å²) in [5, 5.41) is 13.9. The number of nitrogens with two attached hydrogens (primary N) is 1. The maximum atomic E-state index is 10.8. The Hall–Kier alpha value is -2.15. The van der Waals surface area contributed by atoms with E-state index in [4.69, 9.17) is 10.2 Å². The van der Waals surface area contributed by atoms with Crippen LogP contribution in [0.1, 0.15) is 13.3 Å². The number of aromatic nitrogens is 1. The van der Waals surface area contributed by atoms with Crippen molar-refractivity contribution in [2.45, 2.75) is 19.4 Å². The minimum Gasteiger partial charge on any atom is -0.423 e. The Morgan fingerprint density at radius 1 is 1.61 bits per heavy atom. The van der Waals surface area contributed by atoms with Gasteiger partial charge in [0.2, 0.25) is 0 Å². The maximum absolute atomic E-state index is 10.8. The minimum atomic E-state index is -0.477. The molecule has 0 aliphatic rings. The van der Waals surface area contributed by atoms with Gasteiger partial charge in [0.25, 0.3) is 11.7 Å². The van der Waals surface area contributed by atoms with E-state index in [0.29, 0.717) is 12.1 Å². The Labute approximate surface area is 103 Å². The van der Waals surface area contributed by atoms with Gasteiger partial charge >= 0.3 is 0 Å². The highest BCUT2D eigenvalue weighted by Crippen LogP contribution is 2.27. The molecule has 3 N–H and O–H groups in total. The fourth-order valence-corrected chi connectivity index (χ4v) is 1.65. The fourth-order valence-electron chi connectivity index (χ4n) is 1.65. The average molecular weight is 250 g/mol. The molecule has 0 spiro atoms. The van der Waals surface area contributed by atoms with Gasteiger partial charge in [-0.1, -0.05) is 13.0 Å². The second-order valence-corrected chi connectivity index (χ2v) is 3.89. The standard InChI is InChI=1S/C11H14N4O3/c1-2-7(6-12)13-11-14-10-8(15(16)17)4-3-5-9(10)18-11/h3-5,7H,2,6,12H2,1H3,(H,13,14). The van der Waals surface area contributed by atoms with E-state index in [1.807, 2.05) is 6.92 Å². The molecule has 0 fully saturated rings. The van der Waals surface area contributed by atoms with Gasteiger partial charge in [-0.3, -0.25) is 10.1 Å². The van der Waals surface area contributed by atoms with Crippen LogP contribution < -0.4 is 11.1 Å². The van der Waals surface area contributed by atoms with Crippen LogP contribution in [0.4, 0.5) is 11.7 Å². The molecule has 0 radical (unpaired) electrons. The van der Waals surface area contributed by atoms with Crippen molar-refractivity contribution in [1.29, 1.82) is 0 Å². The molecule has 0 aliphatic carbocycles. The van der Waals surface area contributed by atoms with Crippen LogP contribution in [0.3, 0.4) is 0 Å². The number of rotatable bonds is 5. The smallest absolute Gasteiger partial charge is 0.298 e. The summed E-state index contributed by atoms with van der Waals surface area (Å²) in [6.07, 6.45) is 0.817. The number of hydrogen-bond donors (Lipinski definition) is 2. The van der Waals surface area contributed by atoms with Gasteiger partial charge in [0.1, 0.15) is 0 Å². The minimum absolute atomic E-state index is 0.0390.